The predicted molar refractivity (Wildman–Crippen MR) is 49.6 cm³/mol. The number of phenolic OH excluding ortho intramolecular Hbond substituents is 1. The summed E-state index contributed by atoms with van der Waals surface area (Å²) < 4.78 is 5.05. The van der Waals surface area contributed by atoms with E-state index in [4.69, 9.17) is 9.52 Å². The van der Waals surface area contributed by atoms with Gasteiger partial charge in [0.05, 0.1) is 0 Å². The molecule has 14 heavy (non-hydrogen) atoms. The Kier molecular flexibility index (Phi) is 1.70. The first-order valence-corrected chi connectivity index (χ1v) is 4.05. The minimum atomic E-state index is -1.11. The molecule has 0 unspecified atom stereocenters. The SMILES string of the molecule is Cc1c(O)ccc2oc(C(=O)O)cc12. The zero-order valence-corrected chi connectivity index (χ0v) is 7.44. The quantitative estimate of drug-likeness (QED) is 0.726. The highest BCUT2D eigenvalue weighted by Crippen LogP contribution is 2.28. The summed E-state index contributed by atoms with van der Waals surface area (Å²) in [5, 5.41) is 18.7. The van der Waals surface area contributed by atoms with Gasteiger partial charge in [-0.2, -0.15) is 0 Å². The molecule has 0 saturated carbocycles. The molecule has 0 aliphatic carbocycles. The van der Waals surface area contributed by atoms with Crippen molar-refractivity contribution in [1.82, 2.24) is 0 Å². The normalized spacial score (nSPS) is 10.6. The van der Waals surface area contributed by atoms with Crippen LogP contribution in [0.4, 0.5) is 0 Å². The van der Waals surface area contributed by atoms with Crippen molar-refractivity contribution in [2.75, 3.05) is 0 Å². The summed E-state index contributed by atoms with van der Waals surface area (Å²) in [6.45, 7) is 1.71. The van der Waals surface area contributed by atoms with Crippen molar-refractivity contribution in [2.24, 2.45) is 0 Å². The summed E-state index contributed by atoms with van der Waals surface area (Å²) in [7, 11) is 0. The van der Waals surface area contributed by atoms with Gasteiger partial charge in [0.15, 0.2) is 0 Å². The second-order valence-corrected chi connectivity index (χ2v) is 3.04. The highest BCUT2D eigenvalue weighted by molar-refractivity contribution is 5.93. The third kappa shape index (κ3) is 1.12. The predicted octanol–water partition coefficient (Wildman–Crippen LogP) is 2.15. The number of aromatic carboxylic acids is 1. The molecule has 2 rings (SSSR count). The monoisotopic (exact) mass is 192 g/mol. The summed E-state index contributed by atoms with van der Waals surface area (Å²) in [5.41, 5.74) is 1.09. The smallest absolute Gasteiger partial charge is 0.371 e. The van der Waals surface area contributed by atoms with Crippen molar-refractivity contribution < 1.29 is 19.4 Å². The van der Waals surface area contributed by atoms with Crippen LogP contribution in [0.15, 0.2) is 22.6 Å². The van der Waals surface area contributed by atoms with Crippen LogP contribution in [0.5, 0.6) is 5.75 Å². The maximum absolute atomic E-state index is 10.6. The van der Waals surface area contributed by atoms with Crippen LogP contribution in [-0.4, -0.2) is 16.2 Å². The van der Waals surface area contributed by atoms with E-state index in [1.165, 1.54) is 12.1 Å². The maximum atomic E-state index is 10.6. The number of hydrogen-bond acceptors (Lipinski definition) is 3. The Balaban J connectivity index is 2.77. The molecule has 1 aromatic heterocycles. The number of carboxylic acids is 1. The molecular weight excluding hydrogens is 184 g/mol. The van der Waals surface area contributed by atoms with E-state index in [-0.39, 0.29) is 11.5 Å². The number of phenols is 1. The van der Waals surface area contributed by atoms with Crippen LogP contribution in [0.3, 0.4) is 0 Å². The van der Waals surface area contributed by atoms with Crippen LogP contribution >= 0.6 is 0 Å². The number of carboxylic acid groups (broad SMARTS) is 1. The number of carbonyl (C=O) groups is 1. The zero-order chi connectivity index (χ0) is 10.3. The Labute approximate surface area is 79.4 Å². The number of fused-ring (bicyclic) bond motifs is 1. The Morgan fingerprint density at radius 3 is 2.79 bits per heavy atom. The van der Waals surface area contributed by atoms with Gasteiger partial charge in [0.25, 0.3) is 0 Å². The average Bonchev–Trinajstić information content (AvgIpc) is 2.56. The van der Waals surface area contributed by atoms with E-state index in [2.05, 4.69) is 0 Å². The van der Waals surface area contributed by atoms with Crippen LogP contribution < -0.4 is 0 Å². The zero-order valence-electron chi connectivity index (χ0n) is 7.44. The Morgan fingerprint density at radius 1 is 1.43 bits per heavy atom. The largest absolute Gasteiger partial charge is 0.508 e. The molecule has 4 nitrogen and oxygen atoms in total. The van der Waals surface area contributed by atoms with E-state index < -0.39 is 5.97 Å². The molecule has 0 radical (unpaired) electrons. The molecular formula is C10H8O4. The third-order valence-corrected chi connectivity index (χ3v) is 2.15. The van der Waals surface area contributed by atoms with Crippen molar-refractivity contribution in [3.8, 4) is 5.75 Å². The molecule has 2 N–H and O–H groups in total. The summed E-state index contributed by atoms with van der Waals surface area (Å²) in [4.78, 5) is 10.6. The number of aryl methyl sites for hydroxylation is 1. The summed E-state index contributed by atoms with van der Waals surface area (Å²) in [5.74, 6) is -1.09. The van der Waals surface area contributed by atoms with E-state index in [0.29, 0.717) is 16.5 Å². The number of rotatable bonds is 1. The fraction of sp³-hybridized carbons (Fsp3) is 0.100. The van der Waals surface area contributed by atoms with Gasteiger partial charge in [-0.1, -0.05) is 0 Å². The lowest BCUT2D eigenvalue weighted by Crippen LogP contribution is -1.91. The van der Waals surface area contributed by atoms with E-state index >= 15 is 0 Å². The van der Waals surface area contributed by atoms with Gasteiger partial charge in [-0.05, 0) is 25.1 Å². The van der Waals surface area contributed by atoms with Crippen molar-refractivity contribution in [3.05, 3.63) is 29.5 Å². The first kappa shape index (κ1) is 8.62. The molecule has 0 bridgehead atoms. The van der Waals surface area contributed by atoms with Crippen LogP contribution in [0.1, 0.15) is 16.1 Å². The van der Waals surface area contributed by atoms with Crippen LogP contribution in [0.25, 0.3) is 11.0 Å². The van der Waals surface area contributed by atoms with Crippen molar-refractivity contribution in [2.45, 2.75) is 6.92 Å². The van der Waals surface area contributed by atoms with Gasteiger partial charge in [0, 0.05) is 10.9 Å². The average molecular weight is 192 g/mol. The fourth-order valence-corrected chi connectivity index (χ4v) is 1.34. The Hall–Kier alpha value is -1.97. The van der Waals surface area contributed by atoms with Crippen LogP contribution in [0, 0.1) is 6.92 Å². The minimum Gasteiger partial charge on any atom is -0.508 e. The molecule has 0 saturated heterocycles. The highest BCUT2D eigenvalue weighted by Gasteiger charge is 2.12. The third-order valence-electron chi connectivity index (χ3n) is 2.15. The van der Waals surface area contributed by atoms with E-state index in [1.54, 1.807) is 13.0 Å². The second kappa shape index (κ2) is 2.77. The molecule has 0 amide bonds. The van der Waals surface area contributed by atoms with Gasteiger partial charge in [-0.25, -0.2) is 4.79 Å². The van der Waals surface area contributed by atoms with Gasteiger partial charge in [-0.3, -0.25) is 0 Å². The topological polar surface area (TPSA) is 70.7 Å². The summed E-state index contributed by atoms with van der Waals surface area (Å²) in [6.07, 6.45) is 0. The van der Waals surface area contributed by atoms with Crippen molar-refractivity contribution >= 4 is 16.9 Å². The first-order valence-electron chi connectivity index (χ1n) is 4.05. The lowest BCUT2D eigenvalue weighted by molar-refractivity contribution is 0.0665. The molecule has 0 atom stereocenters. The maximum Gasteiger partial charge on any atom is 0.371 e. The van der Waals surface area contributed by atoms with Gasteiger partial charge in [-0.15, -0.1) is 0 Å². The number of aromatic hydroxyl groups is 1. The highest BCUT2D eigenvalue weighted by atomic mass is 16.4. The van der Waals surface area contributed by atoms with Gasteiger partial charge in [0.2, 0.25) is 5.76 Å². The van der Waals surface area contributed by atoms with Crippen LogP contribution in [0.2, 0.25) is 0 Å². The summed E-state index contributed by atoms with van der Waals surface area (Å²) in [6, 6.07) is 4.43. The van der Waals surface area contributed by atoms with Gasteiger partial charge in [0.1, 0.15) is 11.3 Å². The van der Waals surface area contributed by atoms with E-state index in [0.717, 1.165) is 0 Å². The summed E-state index contributed by atoms with van der Waals surface area (Å²) >= 11 is 0. The molecule has 1 heterocycles. The van der Waals surface area contributed by atoms with E-state index in [1.807, 2.05) is 0 Å². The molecule has 4 heteroatoms. The molecule has 0 fully saturated rings. The standard InChI is InChI=1S/C10H8O4/c1-5-6-4-9(10(12)13)14-8(6)3-2-7(5)11/h2-4,11H,1H3,(H,12,13). The number of benzene rings is 1. The molecule has 2 aromatic rings. The minimum absolute atomic E-state index is 0.117. The number of hydrogen-bond donors (Lipinski definition) is 2. The Bertz CT molecular complexity index is 510. The second-order valence-electron chi connectivity index (χ2n) is 3.04. The Morgan fingerprint density at radius 2 is 2.14 bits per heavy atom. The van der Waals surface area contributed by atoms with Crippen LogP contribution in [-0.2, 0) is 0 Å². The number of furan rings is 1. The molecule has 0 spiro atoms. The molecule has 0 aliphatic heterocycles. The first-order chi connectivity index (χ1) is 6.59. The van der Waals surface area contributed by atoms with E-state index in [9.17, 15) is 9.90 Å². The molecule has 0 aliphatic rings. The molecule has 1 aromatic carbocycles. The van der Waals surface area contributed by atoms with Crippen molar-refractivity contribution in [3.63, 3.8) is 0 Å². The van der Waals surface area contributed by atoms with Gasteiger partial charge >= 0.3 is 5.97 Å². The van der Waals surface area contributed by atoms with Crippen molar-refractivity contribution in [1.29, 1.82) is 0 Å². The lowest BCUT2D eigenvalue weighted by atomic mass is 10.1. The molecule has 72 valence electrons. The fourth-order valence-electron chi connectivity index (χ4n) is 1.34. The lowest BCUT2D eigenvalue weighted by Gasteiger charge is -1.96. The van der Waals surface area contributed by atoms with Gasteiger partial charge < -0.3 is 14.6 Å².